The summed E-state index contributed by atoms with van der Waals surface area (Å²) < 4.78 is 5.75. The van der Waals surface area contributed by atoms with Crippen molar-refractivity contribution >= 4 is 40.8 Å². The number of imidazole rings is 1. The number of nitrogens with one attached hydrogen (secondary N) is 1. The summed E-state index contributed by atoms with van der Waals surface area (Å²) in [6.07, 6.45) is 4.59. The first-order valence-corrected chi connectivity index (χ1v) is 9.40. The standard InChI is InChI=1S/C20H21Cl2N3O2/c1-12(26)20(2,3)11-27-15-7-4-13(5-8-15)16-9-6-14(10-23-16)19-24-17(21)18(22)25-19/h4-8,10,16H,9,11H2,1-3H3,(H,24,25). The van der Waals surface area contributed by atoms with Gasteiger partial charge in [0.05, 0.1) is 11.5 Å². The number of hydrogen-bond acceptors (Lipinski definition) is 4. The average molecular weight is 406 g/mol. The molecule has 0 saturated carbocycles. The normalized spacial score (nSPS) is 16.9. The molecular weight excluding hydrogens is 385 g/mol. The summed E-state index contributed by atoms with van der Waals surface area (Å²) >= 11 is 11.8. The van der Waals surface area contributed by atoms with Crippen LogP contribution in [0.2, 0.25) is 10.3 Å². The fraction of sp³-hybridized carbons (Fsp3) is 0.350. The van der Waals surface area contributed by atoms with E-state index in [1.807, 2.05) is 38.1 Å². The first-order chi connectivity index (χ1) is 12.8. The maximum Gasteiger partial charge on any atom is 0.166 e. The molecule has 3 rings (SSSR count). The summed E-state index contributed by atoms with van der Waals surface area (Å²) in [5.74, 6) is 1.46. The van der Waals surface area contributed by atoms with E-state index in [0.29, 0.717) is 17.6 Å². The third kappa shape index (κ3) is 4.60. The van der Waals surface area contributed by atoms with Gasteiger partial charge in [0.25, 0.3) is 0 Å². The minimum atomic E-state index is -0.495. The van der Waals surface area contributed by atoms with E-state index in [-0.39, 0.29) is 17.0 Å². The molecule has 0 fully saturated rings. The summed E-state index contributed by atoms with van der Waals surface area (Å²) in [4.78, 5) is 23.3. The van der Waals surface area contributed by atoms with Crippen LogP contribution in [0, 0.1) is 5.41 Å². The van der Waals surface area contributed by atoms with E-state index < -0.39 is 5.41 Å². The minimum Gasteiger partial charge on any atom is -0.493 e. The number of rotatable bonds is 6. The van der Waals surface area contributed by atoms with Gasteiger partial charge < -0.3 is 9.72 Å². The number of nitrogens with zero attached hydrogens (tertiary/aromatic N) is 2. The molecule has 7 heteroatoms. The molecule has 2 heterocycles. The van der Waals surface area contributed by atoms with Crippen molar-refractivity contribution in [3.63, 3.8) is 0 Å². The molecule has 27 heavy (non-hydrogen) atoms. The van der Waals surface area contributed by atoms with E-state index >= 15 is 0 Å². The van der Waals surface area contributed by atoms with E-state index in [2.05, 4.69) is 21.0 Å². The topological polar surface area (TPSA) is 67.3 Å². The monoisotopic (exact) mass is 405 g/mol. The Bertz CT molecular complexity index is 879. The van der Waals surface area contributed by atoms with Crippen LogP contribution in [-0.4, -0.2) is 28.6 Å². The van der Waals surface area contributed by atoms with Crippen molar-refractivity contribution in [2.45, 2.75) is 33.2 Å². The molecule has 1 aromatic carbocycles. The maximum atomic E-state index is 11.6. The molecular formula is C20H21Cl2N3O2. The number of allylic oxidation sites excluding steroid dienone is 1. The van der Waals surface area contributed by atoms with Gasteiger partial charge in [-0.25, -0.2) is 4.98 Å². The molecule has 0 aliphatic carbocycles. The number of ether oxygens (including phenoxy) is 1. The number of benzene rings is 1. The predicted octanol–water partition coefficient (Wildman–Crippen LogP) is 5.31. The highest BCUT2D eigenvalue weighted by atomic mass is 35.5. The van der Waals surface area contributed by atoms with E-state index in [1.165, 1.54) is 0 Å². The Kier molecular flexibility index (Phi) is 5.72. The molecule has 0 saturated heterocycles. The first-order valence-electron chi connectivity index (χ1n) is 8.65. The van der Waals surface area contributed by atoms with E-state index in [0.717, 1.165) is 23.3 Å². The number of aliphatic imine (C=N–C) groups is 1. The Morgan fingerprint density at radius 2 is 2.00 bits per heavy atom. The SMILES string of the molecule is CC(=O)C(C)(C)COc1ccc(C2CC=C(c3nc(Cl)c(Cl)[nH]3)C=N2)cc1. The lowest BCUT2D eigenvalue weighted by Gasteiger charge is -2.21. The number of carbonyl (C=O) groups is 1. The maximum absolute atomic E-state index is 11.6. The molecule has 1 aromatic heterocycles. The van der Waals surface area contributed by atoms with Gasteiger partial charge in [-0.15, -0.1) is 0 Å². The number of H-pyrrole nitrogens is 1. The highest BCUT2D eigenvalue weighted by Gasteiger charge is 2.24. The zero-order chi connectivity index (χ0) is 19.6. The largest absolute Gasteiger partial charge is 0.493 e. The highest BCUT2D eigenvalue weighted by Crippen LogP contribution is 2.30. The summed E-state index contributed by atoms with van der Waals surface area (Å²) in [6.45, 7) is 5.69. The molecule has 1 unspecified atom stereocenters. The zero-order valence-corrected chi connectivity index (χ0v) is 16.9. The van der Waals surface area contributed by atoms with E-state index in [9.17, 15) is 4.79 Å². The van der Waals surface area contributed by atoms with Gasteiger partial charge in [0.1, 0.15) is 29.1 Å². The van der Waals surface area contributed by atoms with Gasteiger partial charge in [-0.1, -0.05) is 41.4 Å². The molecule has 0 amide bonds. The number of aromatic nitrogens is 2. The van der Waals surface area contributed by atoms with Gasteiger partial charge in [0.15, 0.2) is 5.15 Å². The smallest absolute Gasteiger partial charge is 0.166 e. The average Bonchev–Trinajstić information content (AvgIpc) is 2.99. The van der Waals surface area contributed by atoms with Crippen LogP contribution in [0.3, 0.4) is 0 Å². The second-order valence-electron chi connectivity index (χ2n) is 7.18. The predicted molar refractivity (Wildman–Crippen MR) is 109 cm³/mol. The van der Waals surface area contributed by atoms with Crippen molar-refractivity contribution in [3.8, 4) is 5.75 Å². The number of hydrogen-bond donors (Lipinski definition) is 1. The van der Waals surface area contributed by atoms with Crippen molar-refractivity contribution in [3.05, 3.63) is 52.0 Å². The Labute approximate surface area is 168 Å². The Balaban J connectivity index is 1.62. The molecule has 0 spiro atoms. The van der Waals surface area contributed by atoms with Crippen molar-refractivity contribution in [2.75, 3.05) is 6.61 Å². The molecule has 1 aliphatic rings. The molecule has 5 nitrogen and oxygen atoms in total. The second kappa shape index (κ2) is 7.87. The van der Waals surface area contributed by atoms with Gasteiger partial charge in [0, 0.05) is 11.8 Å². The summed E-state index contributed by atoms with van der Waals surface area (Å²) in [5, 5.41) is 0.582. The third-order valence-electron chi connectivity index (χ3n) is 4.66. The summed E-state index contributed by atoms with van der Waals surface area (Å²) in [7, 11) is 0. The Hall–Kier alpha value is -2.11. The fourth-order valence-electron chi connectivity index (χ4n) is 2.52. The Morgan fingerprint density at radius 1 is 1.30 bits per heavy atom. The molecule has 2 aromatic rings. The fourth-order valence-corrected chi connectivity index (χ4v) is 2.78. The van der Waals surface area contributed by atoms with Gasteiger partial charge in [0.2, 0.25) is 0 Å². The molecule has 142 valence electrons. The van der Waals surface area contributed by atoms with Gasteiger partial charge in [-0.3, -0.25) is 9.79 Å². The first kappa shape index (κ1) is 19.6. The molecule has 0 bridgehead atoms. The van der Waals surface area contributed by atoms with Crippen LogP contribution < -0.4 is 4.74 Å². The number of halogens is 2. The summed E-state index contributed by atoms with van der Waals surface area (Å²) in [5.41, 5.74) is 1.47. The lowest BCUT2D eigenvalue weighted by Crippen LogP contribution is -2.28. The van der Waals surface area contributed by atoms with E-state index in [4.69, 9.17) is 27.9 Å². The number of Topliss-reactive ketones (excluding diaryl/α,β-unsaturated/α-hetero) is 1. The van der Waals surface area contributed by atoms with Crippen LogP contribution >= 0.6 is 23.2 Å². The lowest BCUT2D eigenvalue weighted by molar-refractivity contribution is -0.126. The van der Waals surface area contributed by atoms with Crippen LogP contribution in [0.1, 0.15) is 44.6 Å². The second-order valence-corrected chi connectivity index (χ2v) is 7.91. The quantitative estimate of drug-likeness (QED) is 0.707. The van der Waals surface area contributed by atoms with Crippen molar-refractivity contribution in [2.24, 2.45) is 10.4 Å². The zero-order valence-electron chi connectivity index (χ0n) is 15.4. The van der Waals surface area contributed by atoms with Crippen molar-refractivity contribution < 1.29 is 9.53 Å². The number of carbonyl (C=O) groups excluding carboxylic acids is 1. The number of ketones is 1. The molecule has 0 radical (unpaired) electrons. The van der Waals surface area contributed by atoms with Crippen molar-refractivity contribution in [1.82, 2.24) is 9.97 Å². The summed E-state index contributed by atoms with van der Waals surface area (Å²) in [6, 6.07) is 7.85. The Morgan fingerprint density at radius 3 is 2.52 bits per heavy atom. The van der Waals surface area contributed by atoms with Crippen molar-refractivity contribution in [1.29, 1.82) is 0 Å². The van der Waals surface area contributed by atoms with Gasteiger partial charge in [-0.05, 0) is 44.9 Å². The molecule has 1 N–H and O–H groups in total. The third-order valence-corrected chi connectivity index (χ3v) is 5.31. The van der Waals surface area contributed by atoms with Crippen LogP contribution in [-0.2, 0) is 4.79 Å². The van der Waals surface area contributed by atoms with Gasteiger partial charge in [-0.2, -0.15) is 0 Å². The van der Waals surface area contributed by atoms with Crippen LogP contribution in [0.15, 0.2) is 35.3 Å². The van der Waals surface area contributed by atoms with E-state index in [1.54, 1.807) is 13.1 Å². The molecule has 1 aliphatic heterocycles. The van der Waals surface area contributed by atoms with Crippen LogP contribution in [0.25, 0.3) is 5.57 Å². The number of aromatic amines is 1. The number of dihydropyridines is 1. The minimum absolute atomic E-state index is 0.0392. The van der Waals surface area contributed by atoms with Crippen LogP contribution in [0.5, 0.6) is 5.75 Å². The highest BCUT2D eigenvalue weighted by molar-refractivity contribution is 6.40. The lowest BCUT2D eigenvalue weighted by atomic mass is 9.90. The van der Waals surface area contributed by atoms with Crippen LogP contribution in [0.4, 0.5) is 0 Å². The molecule has 1 atom stereocenters. The van der Waals surface area contributed by atoms with Gasteiger partial charge >= 0.3 is 0 Å².